The summed E-state index contributed by atoms with van der Waals surface area (Å²) in [6.45, 7) is 0. The minimum Gasteiger partial charge on any atom is -0.478 e. The fourth-order valence-electron chi connectivity index (χ4n) is 1.12. The Hall–Kier alpha value is -1.35. The molecule has 0 spiro atoms. The Morgan fingerprint density at radius 2 is 2.33 bits per heavy atom. The van der Waals surface area contributed by atoms with Gasteiger partial charge in [0.15, 0.2) is 0 Å². The second kappa shape index (κ2) is 2.60. The van der Waals surface area contributed by atoms with Crippen molar-refractivity contribution in [2.24, 2.45) is 0 Å². The number of hydrogen-bond donors (Lipinski definition) is 1. The molecule has 1 aromatic heterocycles. The van der Waals surface area contributed by atoms with Crippen molar-refractivity contribution in [3.63, 3.8) is 0 Å². The van der Waals surface area contributed by atoms with Gasteiger partial charge in [-0.2, -0.15) is 0 Å². The number of thiophene rings is 1. The maximum absolute atomic E-state index is 10.7. The van der Waals surface area contributed by atoms with Crippen LogP contribution in [0.5, 0.6) is 0 Å². The van der Waals surface area contributed by atoms with E-state index >= 15 is 0 Å². The van der Waals surface area contributed by atoms with Crippen LogP contribution in [-0.4, -0.2) is 11.1 Å². The number of rotatable bonds is 1. The standard InChI is InChI=1S/C9H5O2S/c10-9(11)7-2-1-3-8-6(7)4-5-12-8/h1-4H,(H,10,11). The smallest absolute Gasteiger partial charge is 0.336 e. The van der Waals surface area contributed by atoms with Gasteiger partial charge in [0.2, 0.25) is 0 Å². The molecule has 0 bridgehead atoms. The van der Waals surface area contributed by atoms with Crippen molar-refractivity contribution in [3.05, 3.63) is 35.2 Å². The van der Waals surface area contributed by atoms with E-state index in [2.05, 4.69) is 5.38 Å². The molecule has 0 aliphatic heterocycles. The molecule has 12 heavy (non-hydrogen) atoms. The molecule has 0 saturated carbocycles. The molecule has 0 unspecified atom stereocenters. The van der Waals surface area contributed by atoms with E-state index in [0.29, 0.717) is 5.56 Å². The zero-order chi connectivity index (χ0) is 8.55. The summed E-state index contributed by atoms with van der Waals surface area (Å²) in [6.07, 6.45) is 0. The molecule has 0 atom stereocenters. The first-order valence-corrected chi connectivity index (χ1v) is 4.22. The third-order valence-corrected chi connectivity index (χ3v) is 2.48. The van der Waals surface area contributed by atoms with Gasteiger partial charge >= 0.3 is 5.97 Å². The zero-order valence-corrected chi connectivity index (χ0v) is 6.89. The van der Waals surface area contributed by atoms with Crippen molar-refractivity contribution in [3.8, 4) is 0 Å². The predicted molar refractivity (Wildman–Crippen MR) is 47.6 cm³/mol. The first-order valence-electron chi connectivity index (χ1n) is 3.41. The third-order valence-electron chi connectivity index (χ3n) is 1.67. The van der Waals surface area contributed by atoms with Gasteiger partial charge in [-0.1, -0.05) is 6.07 Å². The molecule has 1 N–H and O–H groups in total. The average molecular weight is 177 g/mol. The average Bonchev–Trinajstić information content (AvgIpc) is 2.49. The van der Waals surface area contributed by atoms with Crippen molar-refractivity contribution in [1.29, 1.82) is 0 Å². The second-order valence-corrected chi connectivity index (χ2v) is 3.27. The lowest BCUT2D eigenvalue weighted by Gasteiger charge is -1.94. The molecule has 0 aliphatic rings. The van der Waals surface area contributed by atoms with E-state index in [4.69, 9.17) is 5.11 Å². The van der Waals surface area contributed by atoms with E-state index in [1.165, 1.54) is 11.3 Å². The van der Waals surface area contributed by atoms with Crippen LogP contribution in [0.2, 0.25) is 0 Å². The highest BCUT2D eigenvalue weighted by Gasteiger charge is 2.07. The molecule has 2 nitrogen and oxygen atoms in total. The Morgan fingerprint density at radius 1 is 1.50 bits per heavy atom. The number of benzene rings is 1. The minimum atomic E-state index is -0.882. The summed E-state index contributed by atoms with van der Waals surface area (Å²) in [7, 11) is 0. The molecular formula is C9H5O2S. The number of carbonyl (C=O) groups is 1. The van der Waals surface area contributed by atoms with Gasteiger partial charge in [0, 0.05) is 15.5 Å². The predicted octanol–water partition coefficient (Wildman–Crippen LogP) is 2.40. The van der Waals surface area contributed by atoms with Crippen LogP contribution in [0.1, 0.15) is 10.4 Å². The van der Waals surface area contributed by atoms with Gasteiger partial charge in [0.1, 0.15) is 0 Å². The third kappa shape index (κ3) is 0.987. The van der Waals surface area contributed by atoms with Gasteiger partial charge in [-0.25, -0.2) is 4.79 Å². The minimum absolute atomic E-state index is 0.352. The molecule has 1 radical (unpaired) electrons. The Balaban J connectivity index is 2.82. The topological polar surface area (TPSA) is 37.3 Å². The van der Waals surface area contributed by atoms with Crippen LogP contribution >= 0.6 is 11.3 Å². The quantitative estimate of drug-likeness (QED) is 0.726. The summed E-state index contributed by atoms with van der Waals surface area (Å²) >= 11 is 1.43. The zero-order valence-electron chi connectivity index (χ0n) is 6.07. The van der Waals surface area contributed by atoms with Crippen molar-refractivity contribution < 1.29 is 9.90 Å². The maximum Gasteiger partial charge on any atom is 0.336 e. The van der Waals surface area contributed by atoms with Crippen molar-refractivity contribution in [2.45, 2.75) is 0 Å². The Labute approximate surface area is 73.1 Å². The molecule has 0 fully saturated rings. The molecular weight excluding hydrogens is 172 g/mol. The van der Waals surface area contributed by atoms with E-state index in [0.717, 1.165) is 10.1 Å². The molecule has 3 heteroatoms. The summed E-state index contributed by atoms with van der Waals surface area (Å²) in [5.41, 5.74) is 0.352. The fourth-order valence-corrected chi connectivity index (χ4v) is 1.85. The molecule has 0 amide bonds. The highest BCUT2D eigenvalue weighted by molar-refractivity contribution is 7.16. The highest BCUT2D eigenvalue weighted by atomic mass is 32.1. The van der Waals surface area contributed by atoms with Gasteiger partial charge < -0.3 is 5.11 Å². The largest absolute Gasteiger partial charge is 0.478 e. The van der Waals surface area contributed by atoms with Crippen LogP contribution in [-0.2, 0) is 0 Å². The van der Waals surface area contributed by atoms with Crippen LogP contribution in [0.15, 0.2) is 24.3 Å². The summed E-state index contributed by atoms with van der Waals surface area (Å²) in [6, 6.07) is 6.95. The molecule has 2 rings (SSSR count). The van der Waals surface area contributed by atoms with Gasteiger partial charge in [0.05, 0.1) is 5.56 Å². The first-order chi connectivity index (χ1) is 5.79. The van der Waals surface area contributed by atoms with Crippen molar-refractivity contribution in [2.75, 3.05) is 0 Å². The molecule has 0 aliphatic carbocycles. The van der Waals surface area contributed by atoms with Crippen LogP contribution in [0.3, 0.4) is 0 Å². The summed E-state index contributed by atoms with van der Waals surface area (Å²) < 4.78 is 0.968. The van der Waals surface area contributed by atoms with E-state index < -0.39 is 5.97 Å². The lowest BCUT2D eigenvalue weighted by Crippen LogP contribution is -1.95. The van der Waals surface area contributed by atoms with E-state index in [-0.39, 0.29) is 0 Å². The molecule has 2 aromatic rings. The lowest BCUT2D eigenvalue weighted by atomic mass is 10.1. The Kier molecular flexibility index (Phi) is 1.59. The Bertz CT molecular complexity index is 431. The summed E-state index contributed by atoms with van der Waals surface area (Å²) in [5.74, 6) is -0.882. The number of hydrogen-bond acceptors (Lipinski definition) is 2. The molecule has 0 saturated heterocycles. The summed E-state index contributed by atoms with van der Waals surface area (Å²) in [4.78, 5) is 10.7. The molecule has 1 heterocycles. The molecule has 59 valence electrons. The van der Waals surface area contributed by atoms with Crippen LogP contribution in [0, 0.1) is 5.38 Å². The maximum atomic E-state index is 10.7. The first kappa shape index (κ1) is 7.31. The number of fused-ring (bicyclic) bond motifs is 1. The fraction of sp³-hybridized carbons (Fsp3) is 0. The van der Waals surface area contributed by atoms with Gasteiger partial charge in [-0.3, -0.25) is 0 Å². The number of carboxylic acids is 1. The summed E-state index contributed by atoms with van der Waals surface area (Å²) in [5, 5.41) is 12.5. The molecule has 1 aromatic carbocycles. The lowest BCUT2D eigenvalue weighted by molar-refractivity contribution is 0.0699. The van der Waals surface area contributed by atoms with Crippen molar-refractivity contribution in [1.82, 2.24) is 0 Å². The number of aromatic carboxylic acids is 1. The monoisotopic (exact) mass is 177 g/mol. The van der Waals surface area contributed by atoms with Crippen LogP contribution < -0.4 is 0 Å². The van der Waals surface area contributed by atoms with Crippen LogP contribution in [0.25, 0.3) is 10.1 Å². The second-order valence-electron chi connectivity index (χ2n) is 2.39. The van der Waals surface area contributed by atoms with Gasteiger partial charge in [-0.05, 0) is 18.2 Å². The van der Waals surface area contributed by atoms with E-state index in [9.17, 15) is 4.79 Å². The Morgan fingerprint density at radius 3 is 3.08 bits per heavy atom. The highest BCUT2D eigenvalue weighted by Crippen LogP contribution is 2.23. The van der Waals surface area contributed by atoms with Gasteiger partial charge in [0.25, 0.3) is 0 Å². The van der Waals surface area contributed by atoms with Crippen LogP contribution in [0.4, 0.5) is 0 Å². The van der Waals surface area contributed by atoms with E-state index in [1.54, 1.807) is 18.2 Å². The number of carboxylic acid groups (broad SMARTS) is 1. The SMILES string of the molecule is O=C(O)c1cccc2s[c]cc12. The van der Waals surface area contributed by atoms with Crippen molar-refractivity contribution >= 4 is 27.4 Å². The van der Waals surface area contributed by atoms with E-state index in [1.807, 2.05) is 6.07 Å². The normalized spacial score (nSPS) is 10.3. The van der Waals surface area contributed by atoms with Gasteiger partial charge in [-0.15, -0.1) is 11.3 Å².